The minimum Gasteiger partial charge on any atom is -0.207 e. The molecule has 0 fully saturated rings. The first kappa shape index (κ1) is 12.4. The van der Waals surface area contributed by atoms with Crippen molar-refractivity contribution in [1.82, 2.24) is 0 Å². The lowest BCUT2D eigenvalue weighted by Gasteiger charge is -2.03. The first-order valence-corrected chi connectivity index (χ1v) is 6.92. The molecule has 0 spiro atoms. The molecule has 0 aromatic heterocycles. The summed E-state index contributed by atoms with van der Waals surface area (Å²) in [5, 5.41) is 0. The van der Waals surface area contributed by atoms with Crippen molar-refractivity contribution in [2.45, 2.75) is 4.90 Å². The van der Waals surface area contributed by atoms with Crippen LogP contribution in [0.2, 0.25) is 0 Å². The van der Waals surface area contributed by atoms with Gasteiger partial charge in [-0.2, -0.15) is 0 Å². The van der Waals surface area contributed by atoms with Gasteiger partial charge in [0.2, 0.25) is 0 Å². The summed E-state index contributed by atoms with van der Waals surface area (Å²) < 4.78 is 47.5. The Morgan fingerprint density at radius 2 is 1.71 bits per heavy atom. The van der Waals surface area contributed by atoms with Crippen LogP contribution in [0.25, 0.3) is 0 Å². The Labute approximate surface area is 99.9 Å². The van der Waals surface area contributed by atoms with E-state index in [0.29, 0.717) is 0 Å². The predicted octanol–water partition coefficient (Wildman–Crippen LogP) is 3.42. The second-order valence-corrected chi connectivity index (χ2v) is 6.42. The topological polar surface area (TPSA) is 34.1 Å². The van der Waals surface area contributed by atoms with Gasteiger partial charge in [-0.05, 0) is 37.9 Å². The maximum atomic E-state index is 13.0. The van der Waals surface area contributed by atoms with Crippen LogP contribution < -0.4 is 0 Å². The van der Waals surface area contributed by atoms with Crippen molar-refractivity contribution in [3.8, 4) is 0 Å². The van der Waals surface area contributed by atoms with Gasteiger partial charge in [0.05, 0.1) is 4.47 Å². The molecule has 1 aromatic rings. The number of hydrogen-bond donors (Lipinski definition) is 0. The fourth-order valence-electron chi connectivity index (χ4n) is 0.729. The Balaban J connectivity index is 3.66. The quantitative estimate of drug-likeness (QED) is 0.431. The molecule has 0 atom stereocenters. The zero-order chi connectivity index (χ0) is 11.1. The Morgan fingerprint density at radius 3 is 2.14 bits per heavy atom. The Bertz CT molecular complexity index is 489. The summed E-state index contributed by atoms with van der Waals surface area (Å²) in [5.41, 5.74) is 0. The van der Waals surface area contributed by atoms with Gasteiger partial charge in [0.25, 0.3) is 9.05 Å². The van der Waals surface area contributed by atoms with Crippen molar-refractivity contribution >= 4 is 51.6 Å². The second-order valence-electron chi connectivity index (χ2n) is 2.24. The van der Waals surface area contributed by atoms with E-state index in [2.05, 4.69) is 31.9 Å². The Hall–Kier alpha value is 0.280. The summed E-state index contributed by atoms with van der Waals surface area (Å²) in [6.07, 6.45) is 0. The Kier molecular flexibility index (Phi) is 3.56. The van der Waals surface area contributed by atoms with Gasteiger partial charge in [-0.1, -0.05) is 0 Å². The van der Waals surface area contributed by atoms with E-state index in [-0.39, 0.29) is 8.95 Å². The van der Waals surface area contributed by atoms with Crippen LogP contribution in [0.4, 0.5) is 8.78 Å². The predicted molar refractivity (Wildman–Crippen MR) is 54.8 cm³/mol. The number of benzene rings is 1. The smallest absolute Gasteiger partial charge is 0.207 e. The zero-order valence-corrected chi connectivity index (χ0v) is 10.9. The number of hydrogen-bond acceptors (Lipinski definition) is 2. The lowest BCUT2D eigenvalue weighted by Crippen LogP contribution is -1.99. The van der Waals surface area contributed by atoms with Crippen LogP contribution in [0.1, 0.15) is 0 Å². The number of rotatable bonds is 1. The maximum absolute atomic E-state index is 13.0. The van der Waals surface area contributed by atoms with Gasteiger partial charge in [0, 0.05) is 15.2 Å². The van der Waals surface area contributed by atoms with Crippen LogP contribution >= 0.6 is 42.5 Å². The average molecular weight is 370 g/mol. The summed E-state index contributed by atoms with van der Waals surface area (Å²) in [6, 6.07) is 0.880. The molecular weight excluding hydrogens is 369 g/mol. The summed E-state index contributed by atoms with van der Waals surface area (Å²) in [7, 11) is 0.601. The first-order chi connectivity index (χ1) is 6.25. The largest absolute Gasteiger partial charge is 0.264 e. The molecule has 0 saturated heterocycles. The first-order valence-electron chi connectivity index (χ1n) is 3.03. The molecule has 0 bridgehead atoms. The molecule has 8 heteroatoms. The third kappa shape index (κ3) is 2.26. The Morgan fingerprint density at radius 1 is 1.21 bits per heavy atom. The van der Waals surface area contributed by atoms with Crippen LogP contribution in [0.5, 0.6) is 0 Å². The van der Waals surface area contributed by atoms with E-state index in [1.54, 1.807) is 0 Å². The normalized spacial score (nSPS) is 11.8. The molecule has 0 aliphatic heterocycles. The molecule has 0 amide bonds. The van der Waals surface area contributed by atoms with Crippen LogP contribution in [-0.4, -0.2) is 8.42 Å². The fraction of sp³-hybridized carbons (Fsp3) is 0. The highest BCUT2D eigenvalue weighted by Crippen LogP contribution is 2.32. The van der Waals surface area contributed by atoms with Gasteiger partial charge in [-0.15, -0.1) is 0 Å². The van der Waals surface area contributed by atoms with Crippen molar-refractivity contribution < 1.29 is 17.2 Å². The monoisotopic (exact) mass is 368 g/mol. The van der Waals surface area contributed by atoms with Gasteiger partial charge in [0.1, 0.15) is 4.90 Å². The summed E-state index contributed by atoms with van der Waals surface area (Å²) in [4.78, 5) is -0.897. The fourth-order valence-corrected chi connectivity index (χ4v) is 2.47. The molecular formula is C6HBr2ClF2O2S. The highest BCUT2D eigenvalue weighted by molar-refractivity contribution is 9.13. The van der Waals surface area contributed by atoms with Crippen LogP contribution in [0.3, 0.4) is 0 Å². The van der Waals surface area contributed by atoms with Gasteiger partial charge < -0.3 is 0 Å². The summed E-state index contributed by atoms with van der Waals surface area (Å²) in [5.74, 6) is -2.81. The van der Waals surface area contributed by atoms with Gasteiger partial charge in [0.15, 0.2) is 11.6 Å². The molecule has 0 unspecified atom stereocenters. The molecule has 0 aliphatic rings. The van der Waals surface area contributed by atoms with Crippen molar-refractivity contribution in [3.63, 3.8) is 0 Å². The average Bonchev–Trinajstić information content (AvgIpc) is 2.06. The minimum atomic E-state index is -4.29. The molecule has 1 aromatic carbocycles. The van der Waals surface area contributed by atoms with E-state index in [4.69, 9.17) is 10.7 Å². The van der Waals surface area contributed by atoms with E-state index in [1.807, 2.05) is 0 Å². The summed E-state index contributed by atoms with van der Waals surface area (Å²) in [6.45, 7) is 0. The standard InChI is InChI=1S/C6HBr2ClF2O2S/c7-2-1-3(14(9,12)13)5(10)6(11)4(2)8/h1H. The van der Waals surface area contributed by atoms with Crippen LogP contribution in [0, 0.1) is 11.6 Å². The molecule has 0 N–H and O–H groups in total. The van der Waals surface area contributed by atoms with E-state index in [1.165, 1.54) is 0 Å². The molecule has 78 valence electrons. The molecule has 0 saturated carbocycles. The van der Waals surface area contributed by atoms with Crippen molar-refractivity contribution in [1.29, 1.82) is 0 Å². The third-order valence-corrected chi connectivity index (χ3v) is 4.59. The summed E-state index contributed by atoms with van der Waals surface area (Å²) >= 11 is 5.58. The zero-order valence-electron chi connectivity index (χ0n) is 6.19. The van der Waals surface area contributed by atoms with E-state index >= 15 is 0 Å². The molecule has 1 rings (SSSR count). The molecule has 14 heavy (non-hydrogen) atoms. The van der Waals surface area contributed by atoms with Crippen LogP contribution in [-0.2, 0) is 9.05 Å². The van der Waals surface area contributed by atoms with Crippen LogP contribution in [0.15, 0.2) is 19.9 Å². The SMILES string of the molecule is O=S(=O)(Cl)c1cc(Br)c(Br)c(F)c1F. The van der Waals surface area contributed by atoms with Gasteiger partial charge >= 0.3 is 0 Å². The van der Waals surface area contributed by atoms with Crippen molar-refractivity contribution in [2.24, 2.45) is 0 Å². The van der Waals surface area contributed by atoms with Gasteiger partial charge in [-0.25, -0.2) is 17.2 Å². The van der Waals surface area contributed by atoms with Crippen molar-refractivity contribution in [2.75, 3.05) is 0 Å². The minimum absolute atomic E-state index is 0.0654. The molecule has 2 nitrogen and oxygen atoms in total. The van der Waals surface area contributed by atoms with E-state index in [0.717, 1.165) is 6.07 Å². The van der Waals surface area contributed by atoms with E-state index < -0.39 is 25.6 Å². The van der Waals surface area contributed by atoms with E-state index in [9.17, 15) is 17.2 Å². The second kappa shape index (κ2) is 4.03. The van der Waals surface area contributed by atoms with Gasteiger partial charge in [-0.3, -0.25) is 0 Å². The highest BCUT2D eigenvalue weighted by atomic mass is 79.9. The maximum Gasteiger partial charge on any atom is 0.264 e. The molecule has 0 aliphatic carbocycles. The highest BCUT2D eigenvalue weighted by Gasteiger charge is 2.23. The van der Waals surface area contributed by atoms with Crippen molar-refractivity contribution in [3.05, 3.63) is 26.6 Å². The lowest BCUT2D eigenvalue weighted by atomic mass is 10.3. The molecule has 0 heterocycles. The number of halogens is 5. The molecule has 0 radical (unpaired) electrons. The third-order valence-electron chi connectivity index (χ3n) is 1.33. The lowest BCUT2D eigenvalue weighted by molar-refractivity contribution is 0.481.